The lowest BCUT2D eigenvalue weighted by atomic mass is 10.4. The van der Waals surface area contributed by atoms with Gasteiger partial charge in [-0.05, 0) is 13.8 Å². The van der Waals surface area contributed by atoms with Crippen LogP contribution in [0.25, 0.3) is 0 Å². The minimum absolute atomic E-state index is 0.498. The van der Waals surface area contributed by atoms with Crippen LogP contribution in [0, 0.1) is 0 Å². The fraction of sp³-hybridized carbons (Fsp3) is 0.500. The molecule has 0 fully saturated rings. The summed E-state index contributed by atoms with van der Waals surface area (Å²) in [5, 5.41) is 8.53. The number of alkyl halides is 3. The lowest BCUT2D eigenvalue weighted by Crippen LogP contribution is -2.15. The van der Waals surface area contributed by atoms with Crippen LogP contribution in [-0.2, 0) is 6.18 Å². The molecule has 0 aliphatic rings. The zero-order valence-corrected chi connectivity index (χ0v) is 8.04. The van der Waals surface area contributed by atoms with E-state index in [2.05, 4.69) is 4.98 Å². The zero-order chi connectivity index (χ0) is 11.8. The second-order valence-electron chi connectivity index (χ2n) is 3.25. The summed E-state index contributed by atoms with van der Waals surface area (Å²) in [6, 6.07) is -0.498. The summed E-state index contributed by atoms with van der Waals surface area (Å²) in [7, 11) is 0. The molecule has 1 aromatic rings. The zero-order valence-electron chi connectivity index (χ0n) is 8.04. The van der Waals surface area contributed by atoms with Crippen molar-refractivity contribution in [1.29, 1.82) is 0 Å². The molecule has 7 heteroatoms. The van der Waals surface area contributed by atoms with E-state index >= 15 is 0 Å². The predicted molar refractivity (Wildman–Crippen MR) is 44.6 cm³/mol. The van der Waals surface area contributed by atoms with Gasteiger partial charge in [-0.2, -0.15) is 13.2 Å². The van der Waals surface area contributed by atoms with Gasteiger partial charge in [-0.3, -0.25) is 0 Å². The van der Waals surface area contributed by atoms with Crippen LogP contribution in [0.15, 0.2) is 6.20 Å². The molecular weight excluding hydrogens is 213 g/mol. The molecule has 0 aliphatic heterocycles. The summed E-state index contributed by atoms with van der Waals surface area (Å²) in [6.45, 7) is 3.03. The first-order valence-electron chi connectivity index (χ1n) is 4.13. The quantitative estimate of drug-likeness (QED) is 0.834. The number of halogens is 3. The van der Waals surface area contributed by atoms with E-state index < -0.39 is 29.7 Å². The SMILES string of the molecule is CC(C)n1cc(C(=O)O)nc1C(F)(F)F. The molecule has 1 aromatic heterocycles. The van der Waals surface area contributed by atoms with Gasteiger partial charge in [0.25, 0.3) is 0 Å². The Balaban J connectivity index is 3.30. The van der Waals surface area contributed by atoms with Crippen molar-refractivity contribution in [3.05, 3.63) is 17.7 Å². The normalized spacial score (nSPS) is 12.1. The number of aromatic carboxylic acids is 1. The number of hydrogen-bond donors (Lipinski definition) is 1. The van der Waals surface area contributed by atoms with Crippen LogP contribution in [0.4, 0.5) is 13.2 Å². The van der Waals surface area contributed by atoms with Gasteiger partial charge in [-0.25, -0.2) is 9.78 Å². The van der Waals surface area contributed by atoms with Gasteiger partial charge in [-0.1, -0.05) is 0 Å². The van der Waals surface area contributed by atoms with Gasteiger partial charge in [-0.15, -0.1) is 0 Å². The van der Waals surface area contributed by atoms with E-state index in [9.17, 15) is 18.0 Å². The second-order valence-corrected chi connectivity index (χ2v) is 3.25. The van der Waals surface area contributed by atoms with Gasteiger partial charge in [0.2, 0.25) is 5.82 Å². The van der Waals surface area contributed by atoms with E-state index in [4.69, 9.17) is 5.11 Å². The molecule has 0 radical (unpaired) electrons. The molecule has 4 nitrogen and oxygen atoms in total. The van der Waals surface area contributed by atoms with Crippen LogP contribution in [0.5, 0.6) is 0 Å². The molecule has 0 aromatic carbocycles. The Morgan fingerprint density at radius 2 is 2.07 bits per heavy atom. The molecule has 0 aliphatic carbocycles. The maximum Gasteiger partial charge on any atom is 0.449 e. The maximum absolute atomic E-state index is 12.4. The van der Waals surface area contributed by atoms with E-state index in [-0.39, 0.29) is 0 Å². The second kappa shape index (κ2) is 3.56. The Morgan fingerprint density at radius 3 is 2.33 bits per heavy atom. The number of carboxylic acids is 1. The van der Waals surface area contributed by atoms with E-state index in [0.717, 1.165) is 10.8 Å². The van der Waals surface area contributed by atoms with E-state index in [1.165, 1.54) is 13.8 Å². The first kappa shape index (κ1) is 11.5. The molecule has 0 spiro atoms. The van der Waals surface area contributed by atoms with Crippen molar-refractivity contribution in [3.63, 3.8) is 0 Å². The molecule has 0 saturated carbocycles. The summed E-state index contributed by atoms with van der Waals surface area (Å²) in [5.74, 6) is -2.66. The summed E-state index contributed by atoms with van der Waals surface area (Å²) >= 11 is 0. The molecule has 1 heterocycles. The van der Waals surface area contributed by atoms with Crippen LogP contribution < -0.4 is 0 Å². The number of aromatic nitrogens is 2. The summed E-state index contributed by atoms with van der Waals surface area (Å²) in [6.07, 6.45) is -3.76. The number of nitrogens with zero attached hydrogens (tertiary/aromatic N) is 2. The first-order valence-corrected chi connectivity index (χ1v) is 4.13. The Labute approximate surface area is 83.3 Å². The maximum atomic E-state index is 12.4. The highest BCUT2D eigenvalue weighted by atomic mass is 19.4. The third-order valence-corrected chi connectivity index (χ3v) is 1.76. The molecule has 15 heavy (non-hydrogen) atoms. The van der Waals surface area contributed by atoms with E-state index in [1.807, 2.05) is 0 Å². The van der Waals surface area contributed by atoms with Gasteiger partial charge >= 0.3 is 12.1 Å². The van der Waals surface area contributed by atoms with Crippen molar-refractivity contribution in [2.24, 2.45) is 0 Å². The monoisotopic (exact) mass is 222 g/mol. The van der Waals surface area contributed by atoms with Crippen molar-refractivity contribution in [2.75, 3.05) is 0 Å². The fourth-order valence-corrected chi connectivity index (χ4v) is 1.10. The Kier molecular flexibility index (Phi) is 2.74. The summed E-state index contributed by atoms with van der Waals surface area (Å²) in [5.41, 5.74) is -0.601. The van der Waals surface area contributed by atoms with Gasteiger partial charge in [0.1, 0.15) is 0 Å². The molecule has 84 valence electrons. The minimum atomic E-state index is -4.64. The smallest absolute Gasteiger partial charge is 0.449 e. The van der Waals surface area contributed by atoms with Crippen LogP contribution in [0.2, 0.25) is 0 Å². The highest BCUT2D eigenvalue weighted by Gasteiger charge is 2.38. The molecule has 0 saturated heterocycles. The summed E-state index contributed by atoms with van der Waals surface area (Å²) < 4.78 is 38.0. The Hall–Kier alpha value is -1.53. The van der Waals surface area contributed by atoms with Crippen LogP contribution >= 0.6 is 0 Å². The van der Waals surface area contributed by atoms with E-state index in [0.29, 0.717) is 0 Å². The van der Waals surface area contributed by atoms with Gasteiger partial charge < -0.3 is 9.67 Å². The number of carbonyl (C=O) groups is 1. The van der Waals surface area contributed by atoms with E-state index in [1.54, 1.807) is 0 Å². The average molecular weight is 222 g/mol. The fourth-order valence-electron chi connectivity index (χ4n) is 1.10. The van der Waals surface area contributed by atoms with Gasteiger partial charge in [0.15, 0.2) is 5.69 Å². The largest absolute Gasteiger partial charge is 0.476 e. The van der Waals surface area contributed by atoms with Crippen molar-refractivity contribution < 1.29 is 23.1 Å². The van der Waals surface area contributed by atoms with Crippen LogP contribution in [0.3, 0.4) is 0 Å². The Bertz CT molecular complexity index is 382. The number of carboxylic acid groups (broad SMARTS) is 1. The average Bonchev–Trinajstić information content (AvgIpc) is 2.45. The van der Waals surface area contributed by atoms with Gasteiger partial charge in [0.05, 0.1) is 0 Å². The number of imidazole rings is 1. The molecule has 0 bridgehead atoms. The third kappa shape index (κ3) is 2.28. The van der Waals surface area contributed by atoms with Gasteiger partial charge in [0, 0.05) is 12.2 Å². The van der Waals surface area contributed by atoms with Crippen molar-refractivity contribution in [1.82, 2.24) is 9.55 Å². The standard InChI is InChI=1S/C8H9F3N2O2/c1-4(2)13-3-5(6(14)15)12-7(13)8(9,10)11/h3-4H,1-2H3,(H,14,15). The molecule has 1 rings (SSSR count). The lowest BCUT2D eigenvalue weighted by Gasteiger charge is -2.12. The predicted octanol–water partition coefficient (Wildman–Crippen LogP) is 2.18. The topological polar surface area (TPSA) is 55.1 Å². The molecule has 0 unspecified atom stereocenters. The summed E-state index contributed by atoms with van der Waals surface area (Å²) in [4.78, 5) is 13.5. The molecular formula is C8H9F3N2O2. The minimum Gasteiger partial charge on any atom is -0.476 e. The molecule has 0 amide bonds. The first-order chi connectivity index (χ1) is 6.73. The highest BCUT2D eigenvalue weighted by Crippen LogP contribution is 2.30. The lowest BCUT2D eigenvalue weighted by molar-refractivity contribution is -0.147. The van der Waals surface area contributed by atoms with Crippen molar-refractivity contribution in [2.45, 2.75) is 26.1 Å². The van der Waals surface area contributed by atoms with Crippen LogP contribution in [0.1, 0.15) is 36.2 Å². The Morgan fingerprint density at radius 1 is 1.53 bits per heavy atom. The number of hydrogen-bond acceptors (Lipinski definition) is 2. The van der Waals surface area contributed by atoms with Crippen LogP contribution in [-0.4, -0.2) is 20.6 Å². The number of rotatable bonds is 2. The highest BCUT2D eigenvalue weighted by molar-refractivity contribution is 5.85. The van der Waals surface area contributed by atoms with Crippen molar-refractivity contribution >= 4 is 5.97 Å². The van der Waals surface area contributed by atoms with Crippen molar-refractivity contribution in [3.8, 4) is 0 Å². The molecule has 0 atom stereocenters. The third-order valence-electron chi connectivity index (χ3n) is 1.76. The molecule has 1 N–H and O–H groups in total.